The first-order chi connectivity index (χ1) is 8.70. The monoisotopic (exact) mass is 250 g/mol. The van der Waals surface area contributed by atoms with Crippen molar-refractivity contribution < 1.29 is 4.74 Å². The molecule has 1 saturated carbocycles. The molecule has 1 N–H and O–H groups in total. The number of methoxy groups -OCH3 is 1. The van der Waals surface area contributed by atoms with Crippen LogP contribution in [0.15, 0.2) is 10.9 Å². The Balaban J connectivity index is 2.38. The summed E-state index contributed by atoms with van der Waals surface area (Å²) in [7, 11) is 1.72. The fourth-order valence-electron chi connectivity index (χ4n) is 2.77. The van der Waals surface area contributed by atoms with E-state index in [1.807, 2.05) is 0 Å². The molecule has 0 aliphatic heterocycles. The molecule has 0 aromatic carbocycles. The minimum absolute atomic E-state index is 0.0644. The van der Waals surface area contributed by atoms with E-state index in [0.717, 1.165) is 50.0 Å². The third-order valence-corrected chi connectivity index (χ3v) is 3.78. The van der Waals surface area contributed by atoms with Gasteiger partial charge in [-0.05, 0) is 19.3 Å². The number of aromatic amines is 1. The lowest BCUT2D eigenvalue weighted by atomic mass is 9.84. The summed E-state index contributed by atoms with van der Waals surface area (Å²) in [5.74, 6) is 0.723. The van der Waals surface area contributed by atoms with Crippen LogP contribution in [0, 0.1) is 0 Å². The van der Waals surface area contributed by atoms with Gasteiger partial charge < -0.3 is 9.72 Å². The third-order valence-electron chi connectivity index (χ3n) is 3.78. The topological polar surface area (TPSA) is 55.0 Å². The molecule has 1 fully saturated rings. The molecule has 1 aromatic heterocycles. The maximum absolute atomic E-state index is 11.7. The molecule has 0 amide bonds. The highest BCUT2D eigenvalue weighted by Gasteiger charge is 2.36. The first-order valence-electron chi connectivity index (χ1n) is 6.86. The highest BCUT2D eigenvalue weighted by molar-refractivity contribution is 5.10. The Bertz CT molecular complexity index is 447. The largest absolute Gasteiger partial charge is 0.370 e. The summed E-state index contributed by atoms with van der Waals surface area (Å²) in [4.78, 5) is 19.2. The number of ether oxygens (including phenoxy) is 1. The van der Waals surface area contributed by atoms with Crippen molar-refractivity contribution in [3.8, 4) is 0 Å². The van der Waals surface area contributed by atoms with Crippen molar-refractivity contribution in [2.24, 2.45) is 0 Å². The van der Waals surface area contributed by atoms with Crippen molar-refractivity contribution in [3.05, 3.63) is 27.9 Å². The van der Waals surface area contributed by atoms with Crippen LogP contribution >= 0.6 is 0 Å². The van der Waals surface area contributed by atoms with E-state index >= 15 is 0 Å². The van der Waals surface area contributed by atoms with Gasteiger partial charge in [-0.2, -0.15) is 0 Å². The van der Waals surface area contributed by atoms with E-state index in [2.05, 4.69) is 16.9 Å². The van der Waals surface area contributed by atoms with E-state index in [4.69, 9.17) is 4.74 Å². The molecule has 1 aliphatic rings. The highest BCUT2D eigenvalue weighted by atomic mass is 16.5. The number of H-pyrrole nitrogens is 1. The summed E-state index contributed by atoms with van der Waals surface area (Å²) in [5.41, 5.74) is 0.435. The van der Waals surface area contributed by atoms with Crippen molar-refractivity contribution in [2.45, 2.75) is 57.5 Å². The van der Waals surface area contributed by atoms with Crippen molar-refractivity contribution in [1.29, 1.82) is 0 Å². The number of aromatic nitrogens is 2. The Morgan fingerprint density at radius 3 is 2.72 bits per heavy atom. The van der Waals surface area contributed by atoms with E-state index in [1.54, 1.807) is 13.2 Å². The minimum Gasteiger partial charge on any atom is -0.370 e. The van der Waals surface area contributed by atoms with Gasteiger partial charge in [0.25, 0.3) is 5.56 Å². The second kappa shape index (κ2) is 5.65. The van der Waals surface area contributed by atoms with Gasteiger partial charge in [0.15, 0.2) is 0 Å². The average molecular weight is 250 g/mol. The molecule has 4 nitrogen and oxygen atoms in total. The van der Waals surface area contributed by atoms with E-state index in [1.165, 1.54) is 6.42 Å². The van der Waals surface area contributed by atoms with Gasteiger partial charge >= 0.3 is 0 Å². The fraction of sp³-hybridized carbons (Fsp3) is 0.714. The third kappa shape index (κ3) is 2.64. The first kappa shape index (κ1) is 13.3. The Kier molecular flexibility index (Phi) is 4.17. The van der Waals surface area contributed by atoms with Crippen LogP contribution < -0.4 is 5.56 Å². The van der Waals surface area contributed by atoms with E-state index in [-0.39, 0.29) is 11.2 Å². The molecule has 0 saturated heterocycles. The molecule has 18 heavy (non-hydrogen) atoms. The smallest absolute Gasteiger partial charge is 0.251 e. The summed E-state index contributed by atoms with van der Waals surface area (Å²) in [6.07, 6.45) is 7.24. The van der Waals surface area contributed by atoms with Crippen LogP contribution in [0.25, 0.3) is 0 Å². The quantitative estimate of drug-likeness (QED) is 0.893. The first-order valence-corrected chi connectivity index (χ1v) is 6.86. The number of nitrogens with one attached hydrogen (secondary N) is 1. The SMILES string of the molecule is CCCc1cc(=O)[nH]c(C2(OC)CCCCC2)n1. The zero-order chi connectivity index (χ0) is 13.0. The molecule has 0 unspecified atom stereocenters. The molecule has 0 spiro atoms. The molecule has 4 heteroatoms. The number of aryl methyl sites for hydroxylation is 1. The zero-order valence-electron chi connectivity index (χ0n) is 11.3. The number of hydrogen-bond acceptors (Lipinski definition) is 3. The van der Waals surface area contributed by atoms with Gasteiger partial charge in [-0.3, -0.25) is 4.79 Å². The van der Waals surface area contributed by atoms with Gasteiger partial charge in [0.05, 0.1) is 0 Å². The molecule has 2 rings (SSSR count). The van der Waals surface area contributed by atoms with Crippen LogP contribution in [0.1, 0.15) is 57.0 Å². The van der Waals surface area contributed by atoms with E-state index in [0.29, 0.717) is 0 Å². The Hall–Kier alpha value is -1.16. The van der Waals surface area contributed by atoms with Crippen LogP contribution in [0.4, 0.5) is 0 Å². The van der Waals surface area contributed by atoms with Crippen molar-refractivity contribution in [3.63, 3.8) is 0 Å². The van der Waals surface area contributed by atoms with E-state index in [9.17, 15) is 4.79 Å². The summed E-state index contributed by atoms with van der Waals surface area (Å²) < 4.78 is 5.72. The van der Waals surface area contributed by atoms with Crippen molar-refractivity contribution in [2.75, 3.05) is 7.11 Å². The Morgan fingerprint density at radius 1 is 1.39 bits per heavy atom. The molecule has 100 valence electrons. The van der Waals surface area contributed by atoms with Gasteiger partial charge in [0, 0.05) is 18.9 Å². The maximum Gasteiger partial charge on any atom is 0.251 e. The lowest BCUT2D eigenvalue weighted by Gasteiger charge is -2.34. The maximum atomic E-state index is 11.7. The molecular weight excluding hydrogens is 228 g/mol. The predicted octanol–water partition coefficient (Wildman–Crippen LogP) is 2.53. The van der Waals surface area contributed by atoms with Crippen LogP contribution in [-0.4, -0.2) is 17.1 Å². The van der Waals surface area contributed by atoms with Crippen molar-refractivity contribution in [1.82, 2.24) is 9.97 Å². The standard InChI is InChI=1S/C14H22N2O2/c1-3-7-11-10-12(17)16-13(15-11)14(18-2)8-5-4-6-9-14/h10H,3-9H2,1-2H3,(H,15,16,17). The minimum atomic E-state index is -0.374. The Labute approximate surface area is 108 Å². The second-order valence-electron chi connectivity index (χ2n) is 5.09. The van der Waals surface area contributed by atoms with Crippen LogP contribution in [-0.2, 0) is 16.8 Å². The predicted molar refractivity (Wildman–Crippen MR) is 70.6 cm³/mol. The molecule has 0 radical (unpaired) electrons. The van der Waals surface area contributed by atoms with Gasteiger partial charge in [-0.25, -0.2) is 4.98 Å². The summed E-state index contributed by atoms with van der Waals surface area (Å²) in [5, 5.41) is 0. The molecule has 1 aliphatic carbocycles. The fourth-order valence-corrected chi connectivity index (χ4v) is 2.77. The highest BCUT2D eigenvalue weighted by Crippen LogP contribution is 2.37. The van der Waals surface area contributed by atoms with Crippen LogP contribution in [0.5, 0.6) is 0 Å². The summed E-state index contributed by atoms with van der Waals surface area (Å²) in [6.45, 7) is 2.09. The van der Waals surface area contributed by atoms with E-state index < -0.39 is 0 Å². The normalized spacial score (nSPS) is 18.8. The van der Waals surface area contributed by atoms with Gasteiger partial charge in [0.2, 0.25) is 0 Å². The Morgan fingerprint density at radius 2 is 2.11 bits per heavy atom. The molecular formula is C14H22N2O2. The van der Waals surface area contributed by atoms with Gasteiger partial charge in [-0.15, -0.1) is 0 Å². The molecule has 0 atom stereocenters. The summed E-state index contributed by atoms with van der Waals surface area (Å²) >= 11 is 0. The number of rotatable bonds is 4. The van der Waals surface area contributed by atoms with Crippen LogP contribution in [0.3, 0.4) is 0 Å². The lowest BCUT2D eigenvalue weighted by Crippen LogP contribution is -2.35. The van der Waals surface area contributed by atoms with Crippen molar-refractivity contribution >= 4 is 0 Å². The zero-order valence-corrected chi connectivity index (χ0v) is 11.3. The number of hydrogen-bond donors (Lipinski definition) is 1. The van der Waals surface area contributed by atoms with Gasteiger partial charge in [0.1, 0.15) is 11.4 Å². The van der Waals surface area contributed by atoms with Crippen LogP contribution in [0.2, 0.25) is 0 Å². The molecule has 0 bridgehead atoms. The molecule has 1 aromatic rings. The summed E-state index contributed by atoms with van der Waals surface area (Å²) in [6, 6.07) is 1.60. The number of nitrogens with zero attached hydrogens (tertiary/aromatic N) is 1. The lowest BCUT2D eigenvalue weighted by molar-refractivity contribution is -0.0518. The van der Waals surface area contributed by atoms with Gasteiger partial charge in [-0.1, -0.05) is 32.6 Å². The molecule has 1 heterocycles. The average Bonchev–Trinajstić information content (AvgIpc) is 2.39. The second-order valence-corrected chi connectivity index (χ2v) is 5.09.